The van der Waals surface area contributed by atoms with Gasteiger partial charge in [0.25, 0.3) is 6.71 Å². The summed E-state index contributed by atoms with van der Waals surface area (Å²) in [5.41, 5.74) is 19.3. The SMILES string of the molecule is CC1(C)CC(C)(C)c2cc(N(c3ccc4c(c3)N(c3ccccc3)c3cccc5c3B4c3ccc(-c4ccccc4)cc3O5)c3ccc4c(c3)C(C)(C)CC4(C)C)ccc21. The maximum atomic E-state index is 6.86. The van der Waals surface area contributed by atoms with E-state index in [1.807, 2.05) is 0 Å². The number of benzene rings is 7. The first-order valence-electron chi connectivity index (χ1n) is 21.8. The summed E-state index contributed by atoms with van der Waals surface area (Å²) in [6.07, 6.45) is 2.26. The van der Waals surface area contributed by atoms with Crippen molar-refractivity contribution in [1.29, 1.82) is 0 Å². The summed E-state index contributed by atoms with van der Waals surface area (Å²) in [6.45, 7) is 19.3. The summed E-state index contributed by atoms with van der Waals surface area (Å²) < 4.78 is 6.86. The summed E-state index contributed by atoms with van der Waals surface area (Å²) >= 11 is 0. The molecule has 296 valence electrons. The third-order valence-corrected chi connectivity index (χ3v) is 14.3. The van der Waals surface area contributed by atoms with Crippen LogP contribution in [0.1, 0.15) is 90.5 Å². The van der Waals surface area contributed by atoms with Crippen molar-refractivity contribution in [1.82, 2.24) is 0 Å². The first-order valence-corrected chi connectivity index (χ1v) is 21.8. The van der Waals surface area contributed by atoms with E-state index in [-0.39, 0.29) is 28.4 Å². The molecule has 0 fully saturated rings. The van der Waals surface area contributed by atoms with Crippen LogP contribution in [0.2, 0.25) is 0 Å². The number of nitrogens with zero attached hydrogens (tertiary/aromatic N) is 2. The van der Waals surface area contributed by atoms with E-state index < -0.39 is 0 Å². The average Bonchev–Trinajstić information content (AvgIpc) is 3.54. The second-order valence-corrected chi connectivity index (χ2v) is 20.4. The topological polar surface area (TPSA) is 15.7 Å². The average molecular weight is 781 g/mol. The highest BCUT2D eigenvalue weighted by molar-refractivity contribution is 6.99. The Morgan fingerprint density at radius 1 is 0.450 bits per heavy atom. The molecule has 0 bridgehead atoms. The number of hydrogen-bond donors (Lipinski definition) is 0. The van der Waals surface area contributed by atoms with E-state index in [1.165, 1.54) is 61.3 Å². The van der Waals surface area contributed by atoms with Crippen molar-refractivity contribution in [3.05, 3.63) is 174 Å². The lowest BCUT2D eigenvalue weighted by Gasteiger charge is -2.40. The molecule has 7 aromatic carbocycles. The highest BCUT2D eigenvalue weighted by Crippen LogP contribution is 2.54. The second kappa shape index (κ2) is 12.8. The van der Waals surface area contributed by atoms with Crippen molar-refractivity contribution in [2.45, 2.75) is 89.9 Å². The Morgan fingerprint density at radius 3 is 1.63 bits per heavy atom. The van der Waals surface area contributed by atoms with Crippen molar-refractivity contribution in [2.75, 3.05) is 9.80 Å². The Bertz CT molecular complexity index is 2790. The maximum absolute atomic E-state index is 6.86. The predicted molar refractivity (Wildman–Crippen MR) is 254 cm³/mol. The summed E-state index contributed by atoms with van der Waals surface area (Å²) in [5, 5.41) is 0. The quantitative estimate of drug-likeness (QED) is 0.162. The van der Waals surface area contributed by atoms with Crippen LogP contribution in [0.4, 0.5) is 34.1 Å². The van der Waals surface area contributed by atoms with Gasteiger partial charge in [-0.05, 0) is 151 Å². The number of rotatable bonds is 5. The molecule has 0 aromatic heterocycles. The Kier molecular flexibility index (Phi) is 7.87. The molecule has 0 N–H and O–H groups in total. The van der Waals surface area contributed by atoms with Crippen LogP contribution in [0.3, 0.4) is 0 Å². The normalized spacial score (nSPS) is 17.8. The van der Waals surface area contributed by atoms with Crippen LogP contribution in [-0.2, 0) is 21.7 Å². The van der Waals surface area contributed by atoms with Gasteiger partial charge < -0.3 is 14.5 Å². The monoisotopic (exact) mass is 780 g/mol. The van der Waals surface area contributed by atoms with Gasteiger partial charge in [0.05, 0.1) is 0 Å². The minimum atomic E-state index is 0.00767. The van der Waals surface area contributed by atoms with Gasteiger partial charge in [0.2, 0.25) is 0 Å². The van der Waals surface area contributed by atoms with E-state index in [1.54, 1.807) is 0 Å². The molecule has 0 spiro atoms. The number of anilines is 6. The van der Waals surface area contributed by atoms with E-state index in [4.69, 9.17) is 4.74 Å². The predicted octanol–water partition coefficient (Wildman–Crippen LogP) is 13.1. The van der Waals surface area contributed by atoms with Gasteiger partial charge in [0.15, 0.2) is 0 Å². The number of para-hydroxylation sites is 1. The molecule has 0 saturated heterocycles. The third-order valence-electron chi connectivity index (χ3n) is 14.3. The Morgan fingerprint density at radius 2 is 1.00 bits per heavy atom. The lowest BCUT2D eigenvalue weighted by Crippen LogP contribution is -2.59. The molecule has 4 heteroatoms. The standard InChI is InChI=1S/C56H53BN2O/c1-53(2)34-55(5,6)44-31-39(23-26-42(44)53)58(40-24-27-43-45(32-40)56(7,8)35-54(43,3)4)41-25-29-46-49(33-41)59(38-18-13-10-14-19-38)48-20-15-21-50-52(48)57(46)47-28-22-37(30-51(47)60-50)36-16-11-9-12-17-36/h9-33H,34-35H2,1-8H3. The molecule has 0 unspecified atom stereocenters. The van der Waals surface area contributed by atoms with E-state index in [2.05, 4.69) is 217 Å². The van der Waals surface area contributed by atoms with Crippen LogP contribution in [-0.4, -0.2) is 6.71 Å². The van der Waals surface area contributed by atoms with Crippen molar-refractivity contribution in [2.24, 2.45) is 0 Å². The lowest BCUT2D eigenvalue weighted by atomic mass is 9.34. The van der Waals surface area contributed by atoms with Crippen LogP contribution < -0.4 is 30.9 Å². The fraction of sp³-hybridized carbons (Fsp3) is 0.250. The molecular weight excluding hydrogens is 727 g/mol. The van der Waals surface area contributed by atoms with Gasteiger partial charge in [-0.3, -0.25) is 0 Å². The van der Waals surface area contributed by atoms with E-state index in [9.17, 15) is 0 Å². The highest BCUT2D eigenvalue weighted by atomic mass is 16.5. The lowest BCUT2D eigenvalue weighted by molar-refractivity contribution is 0.403. The van der Waals surface area contributed by atoms with E-state index in [0.717, 1.165) is 47.0 Å². The molecular formula is C56H53BN2O. The zero-order chi connectivity index (χ0) is 41.3. The first kappa shape index (κ1) is 37.0. The molecule has 2 heterocycles. The van der Waals surface area contributed by atoms with Gasteiger partial charge in [0, 0.05) is 34.1 Å². The molecule has 3 nitrogen and oxygen atoms in total. The van der Waals surface area contributed by atoms with Gasteiger partial charge in [-0.25, -0.2) is 0 Å². The minimum Gasteiger partial charge on any atom is -0.458 e. The summed E-state index contributed by atoms with van der Waals surface area (Å²) in [6, 6.07) is 56.6. The summed E-state index contributed by atoms with van der Waals surface area (Å²) in [7, 11) is 0. The van der Waals surface area contributed by atoms with Gasteiger partial charge >= 0.3 is 0 Å². The molecule has 2 aliphatic heterocycles. The summed E-state index contributed by atoms with van der Waals surface area (Å²) in [5.74, 6) is 1.84. The van der Waals surface area contributed by atoms with Crippen LogP contribution >= 0.6 is 0 Å². The van der Waals surface area contributed by atoms with Crippen LogP contribution in [0.25, 0.3) is 11.1 Å². The van der Waals surface area contributed by atoms with Crippen molar-refractivity contribution >= 4 is 57.2 Å². The minimum absolute atomic E-state index is 0.00767. The number of ether oxygens (including phenoxy) is 1. The van der Waals surface area contributed by atoms with Gasteiger partial charge in [0.1, 0.15) is 11.5 Å². The van der Waals surface area contributed by atoms with Crippen LogP contribution in [0.5, 0.6) is 11.5 Å². The van der Waals surface area contributed by atoms with Gasteiger partial charge in [-0.1, -0.05) is 140 Å². The molecule has 0 amide bonds. The van der Waals surface area contributed by atoms with Crippen molar-refractivity contribution in [3.8, 4) is 22.6 Å². The first-order chi connectivity index (χ1) is 28.7. The smallest absolute Gasteiger partial charge is 0.256 e. The van der Waals surface area contributed by atoms with E-state index in [0.29, 0.717) is 0 Å². The molecule has 11 rings (SSSR count). The zero-order valence-corrected chi connectivity index (χ0v) is 36.2. The highest BCUT2D eigenvalue weighted by Gasteiger charge is 2.45. The zero-order valence-electron chi connectivity index (χ0n) is 36.2. The van der Waals surface area contributed by atoms with Gasteiger partial charge in [-0.2, -0.15) is 0 Å². The fourth-order valence-electron chi connectivity index (χ4n) is 12.1. The second-order valence-electron chi connectivity index (χ2n) is 20.4. The van der Waals surface area contributed by atoms with E-state index >= 15 is 0 Å². The Balaban J connectivity index is 1.14. The maximum Gasteiger partial charge on any atom is 0.256 e. The largest absolute Gasteiger partial charge is 0.458 e. The third kappa shape index (κ3) is 5.56. The van der Waals surface area contributed by atoms with Crippen LogP contribution in [0, 0.1) is 0 Å². The number of fused-ring (bicyclic) bond motifs is 6. The number of hydrogen-bond acceptors (Lipinski definition) is 3. The Labute approximate surface area is 356 Å². The molecule has 60 heavy (non-hydrogen) atoms. The molecule has 4 aliphatic rings. The molecule has 0 saturated carbocycles. The van der Waals surface area contributed by atoms with Crippen LogP contribution in [0.15, 0.2) is 152 Å². The van der Waals surface area contributed by atoms with Crippen molar-refractivity contribution in [3.63, 3.8) is 0 Å². The van der Waals surface area contributed by atoms with Gasteiger partial charge in [-0.15, -0.1) is 0 Å². The Hall–Kier alpha value is -6.00. The molecule has 0 radical (unpaired) electrons. The summed E-state index contributed by atoms with van der Waals surface area (Å²) in [4.78, 5) is 4.99. The molecule has 0 atom stereocenters. The van der Waals surface area contributed by atoms with Crippen molar-refractivity contribution < 1.29 is 4.74 Å². The molecule has 7 aromatic rings. The molecule has 2 aliphatic carbocycles. The fourth-order valence-corrected chi connectivity index (χ4v) is 12.1.